The molecule has 7 heteroatoms. The average molecular weight is 179 g/mol. The van der Waals surface area contributed by atoms with E-state index in [0.29, 0.717) is 5.44 Å². The molecule has 1 unspecified atom stereocenters. The maximum Gasteiger partial charge on any atom is 0.238 e. The molecule has 0 fully saturated rings. The lowest BCUT2D eigenvalue weighted by Crippen LogP contribution is -2.05. The normalized spacial score (nSPS) is 16.6. The van der Waals surface area contributed by atoms with Crippen molar-refractivity contribution in [2.45, 2.75) is 0 Å². The van der Waals surface area contributed by atoms with Crippen molar-refractivity contribution in [2.75, 3.05) is 7.11 Å². The predicted molar refractivity (Wildman–Crippen MR) is 39.5 cm³/mol. The SMILES string of the molecule is COP(O)(=S)c1cn[nH]n1. The molecule has 56 valence electrons. The average Bonchev–Trinajstić information content (AvgIpc) is 2.38. The minimum Gasteiger partial charge on any atom is -0.341 e. The van der Waals surface area contributed by atoms with Crippen LogP contribution in [-0.4, -0.2) is 27.4 Å². The van der Waals surface area contributed by atoms with Crippen molar-refractivity contribution in [3.8, 4) is 0 Å². The zero-order chi connectivity index (χ0) is 7.61. The predicted octanol–water partition coefficient (Wildman–Crippen LogP) is -0.622. The van der Waals surface area contributed by atoms with Gasteiger partial charge in [0.25, 0.3) is 0 Å². The van der Waals surface area contributed by atoms with Gasteiger partial charge < -0.3 is 9.42 Å². The lowest BCUT2D eigenvalue weighted by atomic mass is 11.0. The van der Waals surface area contributed by atoms with Crippen LogP contribution < -0.4 is 5.44 Å². The molecule has 1 aromatic heterocycles. The van der Waals surface area contributed by atoms with Gasteiger partial charge in [0.1, 0.15) is 0 Å². The van der Waals surface area contributed by atoms with E-state index in [1.54, 1.807) is 0 Å². The second-order valence-electron chi connectivity index (χ2n) is 1.53. The van der Waals surface area contributed by atoms with Gasteiger partial charge in [0.2, 0.25) is 6.49 Å². The van der Waals surface area contributed by atoms with Crippen molar-refractivity contribution < 1.29 is 9.42 Å². The third kappa shape index (κ3) is 1.41. The summed E-state index contributed by atoms with van der Waals surface area (Å²) in [4.78, 5) is 9.26. The van der Waals surface area contributed by atoms with Gasteiger partial charge in [-0.2, -0.15) is 15.4 Å². The quantitative estimate of drug-likeness (QED) is 0.592. The molecular formula is C3H6N3O2PS. The molecule has 1 aromatic rings. The van der Waals surface area contributed by atoms with Gasteiger partial charge in [-0.1, -0.05) is 0 Å². The first-order valence-electron chi connectivity index (χ1n) is 2.41. The first-order chi connectivity index (χ1) is 4.67. The Hall–Kier alpha value is -0.290. The van der Waals surface area contributed by atoms with Gasteiger partial charge in [-0.25, -0.2) is 0 Å². The number of rotatable bonds is 2. The Morgan fingerprint density at radius 2 is 2.60 bits per heavy atom. The number of aromatic nitrogens is 3. The number of aromatic amines is 1. The van der Waals surface area contributed by atoms with Crippen LogP contribution in [0.3, 0.4) is 0 Å². The largest absolute Gasteiger partial charge is 0.341 e. The van der Waals surface area contributed by atoms with Gasteiger partial charge in [0, 0.05) is 7.11 Å². The highest BCUT2D eigenvalue weighted by Crippen LogP contribution is 2.38. The summed E-state index contributed by atoms with van der Waals surface area (Å²) >= 11 is 4.69. The van der Waals surface area contributed by atoms with Crippen molar-refractivity contribution in [2.24, 2.45) is 0 Å². The molecule has 1 rings (SSSR count). The number of hydrogen-bond donors (Lipinski definition) is 2. The summed E-state index contributed by atoms with van der Waals surface area (Å²) in [5.74, 6) is 0. The number of hydrogen-bond acceptors (Lipinski definition) is 4. The second-order valence-corrected chi connectivity index (χ2v) is 4.88. The Kier molecular flexibility index (Phi) is 2.15. The fourth-order valence-electron chi connectivity index (χ4n) is 0.425. The molecule has 0 aliphatic carbocycles. The zero-order valence-electron chi connectivity index (χ0n) is 5.18. The van der Waals surface area contributed by atoms with E-state index in [4.69, 9.17) is 0 Å². The van der Waals surface area contributed by atoms with E-state index in [9.17, 15) is 4.89 Å². The molecule has 0 spiro atoms. The highest BCUT2D eigenvalue weighted by Gasteiger charge is 2.17. The summed E-state index contributed by atoms with van der Waals surface area (Å²) in [6, 6.07) is 0. The van der Waals surface area contributed by atoms with Crippen molar-refractivity contribution in [3.05, 3.63) is 6.20 Å². The summed E-state index contributed by atoms with van der Waals surface area (Å²) in [5, 5.41) is 9.41. The molecule has 0 saturated carbocycles. The third-order valence-electron chi connectivity index (χ3n) is 0.939. The Morgan fingerprint density at radius 1 is 1.90 bits per heavy atom. The van der Waals surface area contributed by atoms with Crippen LogP contribution in [0.25, 0.3) is 0 Å². The Bertz CT molecular complexity index is 248. The van der Waals surface area contributed by atoms with Crippen molar-refractivity contribution in [3.63, 3.8) is 0 Å². The molecule has 10 heavy (non-hydrogen) atoms. The summed E-state index contributed by atoms with van der Waals surface area (Å²) in [5.41, 5.74) is 0.296. The van der Waals surface area contributed by atoms with Gasteiger partial charge >= 0.3 is 0 Å². The molecule has 2 N–H and O–H groups in total. The van der Waals surface area contributed by atoms with E-state index in [-0.39, 0.29) is 0 Å². The van der Waals surface area contributed by atoms with Crippen LogP contribution in [-0.2, 0) is 16.3 Å². The fraction of sp³-hybridized carbons (Fsp3) is 0.333. The molecule has 0 aliphatic rings. The van der Waals surface area contributed by atoms with Gasteiger partial charge in [-0.15, -0.1) is 0 Å². The molecular weight excluding hydrogens is 173 g/mol. The van der Waals surface area contributed by atoms with E-state index in [1.807, 2.05) is 0 Å². The molecule has 1 atom stereocenters. The lowest BCUT2D eigenvalue weighted by Gasteiger charge is -2.06. The van der Waals surface area contributed by atoms with Crippen molar-refractivity contribution >= 4 is 23.7 Å². The minimum absolute atomic E-state index is 0.296. The fourth-order valence-corrected chi connectivity index (χ4v) is 1.25. The Balaban J connectivity index is 2.97. The Morgan fingerprint density at radius 3 is 3.00 bits per heavy atom. The highest BCUT2D eigenvalue weighted by molar-refractivity contribution is 8.12. The van der Waals surface area contributed by atoms with Gasteiger partial charge in [-0.3, -0.25) is 0 Å². The van der Waals surface area contributed by atoms with E-state index in [2.05, 4.69) is 31.7 Å². The number of nitrogens with one attached hydrogen (secondary N) is 1. The maximum absolute atomic E-state index is 9.26. The van der Waals surface area contributed by atoms with Crippen LogP contribution in [0.4, 0.5) is 0 Å². The molecule has 0 radical (unpaired) electrons. The van der Waals surface area contributed by atoms with Crippen molar-refractivity contribution in [1.29, 1.82) is 0 Å². The zero-order valence-corrected chi connectivity index (χ0v) is 6.89. The molecule has 0 amide bonds. The van der Waals surface area contributed by atoms with Crippen LogP contribution >= 0.6 is 6.49 Å². The number of H-pyrrole nitrogens is 1. The second kappa shape index (κ2) is 2.75. The molecule has 0 bridgehead atoms. The van der Waals surface area contributed by atoms with Crippen LogP contribution in [0, 0.1) is 0 Å². The summed E-state index contributed by atoms with van der Waals surface area (Å²) in [6.45, 7) is -2.85. The molecule has 5 nitrogen and oxygen atoms in total. The highest BCUT2D eigenvalue weighted by atomic mass is 32.5. The van der Waals surface area contributed by atoms with Crippen LogP contribution in [0.2, 0.25) is 0 Å². The van der Waals surface area contributed by atoms with Crippen molar-refractivity contribution in [1.82, 2.24) is 15.4 Å². The summed E-state index contributed by atoms with van der Waals surface area (Å²) in [6.07, 6.45) is 1.35. The Labute approximate surface area is 62.6 Å². The topological polar surface area (TPSA) is 71.0 Å². The summed E-state index contributed by atoms with van der Waals surface area (Å²) in [7, 11) is 1.34. The minimum atomic E-state index is -2.85. The molecule has 0 saturated heterocycles. The van der Waals surface area contributed by atoms with E-state index >= 15 is 0 Å². The maximum atomic E-state index is 9.26. The van der Waals surface area contributed by atoms with Gasteiger partial charge in [0.15, 0.2) is 5.44 Å². The van der Waals surface area contributed by atoms with Gasteiger partial charge in [0.05, 0.1) is 6.20 Å². The first-order valence-corrected chi connectivity index (χ1v) is 5.09. The molecule has 0 aliphatic heterocycles. The molecule has 0 aromatic carbocycles. The smallest absolute Gasteiger partial charge is 0.238 e. The van der Waals surface area contributed by atoms with E-state index < -0.39 is 6.49 Å². The third-order valence-corrected chi connectivity index (χ3v) is 3.24. The lowest BCUT2D eigenvalue weighted by molar-refractivity contribution is 0.397. The van der Waals surface area contributed by atoms with Crippen LogP contribution in [0.15, 0.2) is 6.20 Å². The van der Waals surface area contributed by atoms with Crippen LogP contribution in [0.5, 0.6) is 0 Å². The summed E-state index contributed by atoms with van der Waals surface area (Å²) < 4.78 is 4.64. The first kappa shape index (κ1) is 7.81. The monoisotopic (exact) mass is 179 g/mol. The van der Waals surface area contributed by atoms with E-state index in [0.717, 1.165) is 0 Å². The standard InChI is InChI=1S/C3H6N3O2PS/c1-8-9(7,10)3-2-4-6-5-3/h2H,1H3,(H,7,10)(H,4,5,6). The molecule has 1 heterocycles. The van der Waals surface area contributed by atoms with E-state index in [1.165, 1.54) is 13.3 Å². The van der Waals surface area contributed by atoms with Crippen LogP contribution in [0.1, 0.15) is 0 Å². The number of nitrogens with zero attached hydrogens (tertiary/aromatic N) is 2. The van der Waals surface area contributed by atoms with Gasteiger partial charge in [-0.05, 0) is 11.8 Å².